The first kappa shape index (κ1) is 16.1. The minimum atomic E-state index is -0.774. The minimum absolute atomic E-state index is 0. The van der Waals surface area contributed by atoms with Crippen LogP contribution in [0.4, 0.5) is 0 Å². The van der Waals surface area contributed by atoms with Crippen LogP contribution in [0.1, 0.15) is 20.8 Å². The Morgan fingerprint density at radius 1 is 1.29 bits per heavy atom. The van der Waals surface area contributed by atoms with Gasteiger partial charge in [0.15, 0.2) is 5.60 Å². The van der Waals surface area contributed by atoms with Crippen LogP contribution in [-0.2, 0) is 4.74 Å². The van der Waals surface area contributed by atoms with E-state index in [2.05, 4.69) is 0 Å². The number of benzene rings is 1. The molecule has 1 aromatic carbocycles. The first-order valence-electron chi connectivity index (χ1n) is 5.12. The molecule has 0 aliphatic heterocycles. The van der Waals surface area contributed by atoms with E-state index in [1.165, 1.54) is 0 Å². The average molecular weight is 278 g/mol. The summed E-state index contributed by atoms with van der Waals surface area (Å²) >= 11 is 5.77. The fourth-order valence-corrected chi connectivity index (χ4v) is 1.29. The highest BCUT2D eigenvalue weighted by atomic mass is 35.5. The van der Waals surface area contributed by atoms with Crippen molar-refractivity contribution in [1.29, 1.82) is 5.41 Å². The van der Waals surface area contributed by atoms with E-state index in [-0.39, 0.29) is 18.3 Å². The Bertz CT molecular complexity index is 363. The molecule has 0 aliphatic rings. The van der Waals surface area contributed by atoms with Crippen LogP contribution >= 0.6 is 24.0 Å². The molecule has 0 unspecified atom stereocenters. The molecule has 0 aliphatic carbocycles. The smallest absolute Gasteiger partial charge is 0.225 e. The fourth-order valence-electron chi connectivity index (χ4n) is 1.16. The SMILES string of the molecule is CCOC(=N)C(C)(C)Oc1ccc(Cl)cc1.Cl. The topological polar surface area (TPSA) is 42.3 Å². The molecule has 0 bridgehead atoms. The van der Waals surface area contributed by atoms with E-state index < -0.39 is 5.60 Å². The number of ether oxygens (including phenoxy) is 2. The van der Waals surface area contributed by atoms with Gasteiger partial charge in [0.25, 0.3) is 0 Å². The highest BCUT2D eigenvalue weighted by Gasteiger charge is 2.27. The molecule has 0 radical (unpaired) electrons. The van der Waals surface area contributed by atoms with Crippen molar-refractivity contribution in [2.45, 2.75) is 26.4 Å². The maximum absolute atomic E-state index is 7.71. The second kappa shape index (κ2) is 6.72. The predicted molar refractivity (Wildman–Crippen MR) is 72.8 cm³/mol. The average Bonchev–Trinajstić information content (AvgIpc) is 2.21. The van der Waals surface area contributed by atoms with Gasteiger partial charge in [0.05, 0.1) is 6.61 Å². The van der Waals surface area contributed by atoms with Crippen LogP contribution in [-0.4, -0.2) is 18.1 Å². The molecule has 3 nitrogen and oxygen atoms in total. The van der Waals surface area contributed by atoms with Gasteiger partial charge in [0.1, 0.15) is 5.75 Å². The first-order valence-corrected chi connectivity index (χ1v) is 5.50. The van der Waals surface area contributed by atoms with Crippen LogP contribution in [0.2, 0.25) is 5.02 Å². The van der Waals surface area contributed by atoms with Gasteiger partial charge in [-0.3, -0.25) is 5.41 Å². The minimum Gasteiger partial charge on any atom is -0.479 e. The van der Waals surface area contributed by atoms with Crippen molar-refractivity contribution >= 4 is 29.9 Å². The molecular formula is C12H17Cl2NO2. The fraction of sp³-hybridized carbons (Fsp3) is 0.417. The molecule has 1 rings (SSSR count). The van der Waals surface area contributed by atoms with Gasteiger partial charge in [-0.1, -0.05) is 11.6 Å². The van der Waals surface area contributed by atoms with Crippen molar-refractivity contribution in [3.8, 4) is 5.75 Å². The van der Waals surface area contributed by atoms with Crippen LogP contribution < -0.4 is 4.74 Å². The summed E-state index contributed by atoms with van der Waals surface area (Å²) in [5.74, 6) is 0.781. The molecule has 96 valence electrons. The maximum Gasteiger partial charge on any atom is 0.225 e. The van der Waals surface area contributed by atoms with Gasteiger partial charge in [-0.25, -0.2) is 0 Å². The van der Waals surface area contributed by atoms with Gasteiger partial charge >= 0.3 is 0 Å². The molecule has 1 aromatic rings. The number of halogens is 2. The summed E-state index contributed by atoms with van der Waals surface area (Å²) in [7, 11) is 0. The van der Waals surface area contributed by atoms with Crippen molar-refractivity contribution in [2.24, 2.45) is 0 Å². The van der Waals surface area contributed by atoms with E-state index in [0.717, 1.165) is 0 Å². The number of hydrogen-bond donors (Lipinski definition) is 1. The zero-order valence-electron chi connectivity index (χ0n) is 10.1. The van der Waals surface area contributed by atoms with Gasteiger partial charge in [0, 0.05) is 5.02 Å². The van der Waals surface area contributed by atoms with E-state index in [4.69, 9.17) is 26.5 Å². The molecule has 0 fully saturated rings. The Hall–Kier alpha value is -0.930. The van der Waals surface area contributed by atoms with Crippen molar-refractivity contribution < 1.29 is 9.47 Å². The molecule has 0 heterocycles. The summed E-state index contributed by atoms with van der Waals surface area (Å²) < 4.78 is 10.8. The highest BCUT2D eigenvalue weighted by molar-refractivity contribution is 6.30. The summed E-state index contributed by atoms with van der Waals surface area (Å²) in [5, 5.41) is 8.37. The number of hydrogen-bond acceptors (Lipinski definition) is 3. The van der Waals surface area contributed by atoms with Gasteiger partial charge < -0.3 is 9.47 Å². The molecule has 0 spiro atoms. The lowest BCUT2D eigenvalue weighted by Crippen LogP contribution is -2.39. The highest BCUT2D eigenvalue weighted by Crippen LogP contribution is 2.21. The third-order valence-corrected chi connectivity index (χ3v) is 2.27. The summed E-state index contributed by atoms with van der Waals surface area (Å²) in [6, 6.07) is 7.03. The maximum atomic E-state index is 7.71. The standard InChI is InChI=1S/C12H16ClNO2.ClH/c1-4-15-11(14)12(2,3)16-10-7-5-9(13)6-8-10;/h5-8,14H,4H2,1-3H3;1H. The second-order valence-electron chi connectivity index (χ2n) is 3.83. The normalized spacial score (nSPS) is 10.4. The Kier molecular flexibility index (Phi) is 6.35. The van der Waals surface area contributed by atoms with Gasteiger partial charge in [-0.2, -0.15) is 0 Å². The third-order valence-electron chi connectivity index (χ3n) is 2.02. The molecule has 0 atom stereocenters. The monoisotopic (exact) mass is 277 g/mol. The lowest BCUT2D eigenvalue weighted by molar-refractivity contribution is 0.138. The Balaban J connectivity index is 0.00000256. The van der Waals surface area contributed by atoms with E-state index >= 15 is 0 Å². The Morgan fingerprint density at radius 3 is 2.29 bits per heavy atom. The van der Waals surface area contributed by atoms with Crippen LogP contribution in [0.25, 0.3) is 0 Å². The lowest BCUT2D eigenvalue weighted by atomic mass is 10.1. The van der Waals surface area contributed by atoms with Crippen molar-refractivity contribution in [3.05, 3.63) is 29.3 Å². The quantitative estimate of drug-likeness (QED) is 0.669. The van der Waals surface area contributed by atoms with Crippen LogP contribution in [0.3, 0.4) is 0 Å². The van der Waals surface area contributed by atoms with Crippen LogP contribution in [0.5, 0.6) is 5.75 Å². The molecule has 1 N–H and O–H groups in total. The van der Waals surface area contributed by atoms with Gasteiger partial charge in [-0.15, -0.1) is 12.4 Å². The molecule has 0 saturated heterocycles. The summed E-state index contributed by atoms with van der Waals surface area (Å²) in [4.78, 5) is 0. The zero-order chi connectivity index (χ0) is 12.2. The van der Waals surface area contributed by atoms with Crippen molar-refractivity contribution in [2.75, 3.05) is 6.61 Å². The van der Waals surface area contributed by atoms with Gasteiger partial charge in [0.2, 0.25) is 5.90 Å². The van der Waals surface area contributed by atoms with Gasteiger partial charge in [-0.05, 0) is 45.0 Å². The summed E-state index contributed by atoms with van der Waals surface area (Å²) in [6.07, 6.45) is 0. The molecule has 5 heteroatoms. The largest absolute Gasteiger partial charge is 0.479 e. The zero-order valence-corrected chi connectivity index (χ0v) is 11.7. The Labute approximate surface area is 113 Å². The summed E-state index contributed by atoms with van der Waals surface area (Å²) in [5.41, 5.74) is -0.774. The molecular weight excluding hydrogens is 261 g/mol. The van der Waals surface area contributed by atoms with E-state index in [1.54, 1.807) is 38.1 Å². The number of nitrogens with one attached hydrogen (secondary N) is 1. The van der Waals surface area contributed by atoms with Crippen molar-refractivity contribution in [1.82, 2.24) is 0 Å². The Morgan fingerprint density at radius 2 is 1.82 bits per heavy atom. The molecule has 0 saturated carbocycles. The predicted octanol–water partition coefficient (Wildman–Crippen LogP) is 3.93. The third kappa shape index (κ3) is 4.84. The molecule has 17 heavy (non-hydrogen) atoms. The molecule has 0 aromatic heterocycles. The lowest BCUT2D eigenvalue weighted by Gasteiger charge is -2.26. The van der Waals surface area contributed by atoms with E-state index in [1.807, 2.05) is 6.92 Å². The van der Waals surface area contributed by atoms with Crippen LogP contribution in [0, 0.1) is 5.41 Å². The van der Waals surface area contributed by atoms with E-state index in [9.17, 15) is 0 Å². The molecule has 0 amide bonds. The van der Waals surface area contributed by atoms with E-state index in [0.29, 0.717) is 17.4 Å². The van der Waals surface area contributed by atoms with Crippen LogP contribution in [0.15, 0.2) is 24.3 Å². The first-order chi connectivity index (χ1) is 7.45. The second-order valence-corrected chi connectivity index (χ2v) is 4.26. The number of rotatable bonds is 4. The summed E-state index contributed by atoms with van der Waals surface area (Å²) in [6.45, 7) is 5.89. The van der Waals surface area contributed by atoms with Crippen molar-refractivity contribution in [3.63, 3.8) is 0 Å².